The highest BCUT2D eigenvalue weighted by molar-refractivity contribution is 5.69. The van der Waals surface area contributed by atoms with Crippen LogP contribution in [-0.4, -0.2) is 40.7 Å². The molecule has 0 heterocycles. The van der Waals surface area contributed by atoms with E-state index in [9.17, 15) is 0 Å². The summed E-state index contributed by atoms with van der Waals surface area (Å²) in [5.41, 5.74) is 5.58. The molecule has 0 aliphatic rings. The molecule has 0 spiro atoms. The fourth-order valence-electron chi connectivity index (χ4n) is 1.29. The van der Waals surface area contributed by atoms with Gasteiger partial charge >= 0.3 is 0 Å². The minimum atomic E-state index is -1.26. The van der Waals surface area contributed by atoms with Crippen molar-refractivity contribution in [3.05, 3.63) is 23.8 Å². The van der Waals surface area contributed by atoms with Gasteiger partial charge in [0.15, 0.2) is 0 Å². The second-order valence-corrected chi connectivity index (χ2v) is 3.79. The molecule has 0 saturated carbocycles. The molecule has 0 aromatic heterocycles. The maximum absolute atomic E-state index is 9.17. The van der Waals surface area contributed by atoms with Gasteiger partial charge < -0.3 is 26.4 Å². The number of aliphatic hydroxyl groups is 3. The van der Waals surface area contributed by atoms with E-state index in [-0.39, 0.29) is 0 Å². The molecule has 1 rings (SSSR count). The first kappa shape index (κ1) is 13.3. The van der Waals surface area contributed by atoms with Gasteiger partial charge in [0.1, 0.15) is 5.54 Å². The normalized spacial score (nSPS) is 10.9. The van der Waals surface area contributed by atoms with E-state index in [1.807, 2.05) is 6.07 Å². The zero-order valence-corrected chi connectivity index (χ0v) is 9.22. The average Bonchev–Trinajstić information content (AvgIpc) is 2.38. The quantitative estimate of drug-likeness (QED) is 0.430. The van der Waals surface area contributed by atoms with Crippen molar-refractivity contribution in [3.63, 3.8) is 0 Å². The number of anilines is 2. The Morgan fingerprint density at radius 3 is 2.29 bits per heavy atom. The number of rotatable bonds is 5. The Morgan fingerprint density at radius 2 is 1.82 bits per heavy atom. The zero-order chi connectivity index (χ0) is 12.9. The Bertz CT molecular complexity index is 416. The van der Waals surface area contributed by atoms with Crippen LogP contribution in [0.1, 0.15) is 5.56 Å². The monoisotopic (exact) mass is 237 g/mol. The lowest BCUT2D eigenvalue weighted by Gasteiger charge is -2.30. The van der Waals surface area contributed by atoms with Crippen molar-refractivity contribution in [1.82, 2.24) is 0 Å². The van der Waals surface area contributed by atoms with Crippen LogP contribution < -0.4 is 11.1 Å². The van der Waals surface area contributed by atoms with Crippen molar-refractivity contribution in [1.29, 1.82) is 5.26 Å². The third-order valence-corrected chi connectivity index (χ3v) is 2.49. The molecule has 0 aliphatic carbocycles. The number of nitrogens with zero attached hydrogens (tertiary/aromatic N) is 1. The van der Waals surface area contributed by atoms with Crippen molar-refractivity contribution < 1.29 is 15.3 Å². The molecule has 0 radical (unpaired) electrons. The number of nitrogen functional groups attached to an aromatic ring is 1. The van der Waals surface area contributed by atoms with Crippen LogP contribution in [0, 0.1) is 11.3 Å². The molecule has 0 aliphatic heterocycles. The SMILES string of the molecule is N#Cc1ccc(N)c(NC(CO)(CO)CO)c1. The summed E-state index contributed by atoms with van der Waals surface area (Å²) in [6.07, 6.45) is 0. The van der Waals surface area contributed by atoms with E-state index in [0.29, 0.717) is 16.9 Å². The molecular weight excluding hydrogens is 222 g/mol. The van der Waals surface area contributed by atoms with Gasteiger partial charge in [-0.1, -0.05) is 0 Å². The van der Waals surface area contributed by atoms with Gasteiger partial charge in [0, 0.05) is 0 Å². The van der Waals surface area contributed by atoms with Gasteiger partial charge in [0.25, 0.3) is 0 Å². The summed E-state index contributed by atoms with van der Waals surface area (Å²) in [6.45, 7) is -1.39. The second kappa shape index (κ2) is 5.50. The summed E-state index contributed by atoms with van der Waals surface area (Å²) in [7, 11) is 0. The smallest absolute Gasteiger partial charge is 0.107 e. The standard InChI is InChI=1S/C11H15N3O3/c12-4-8-1-2-9(13)10(3-8)14-11(5-15,6-16)7-17/h1-3,14-17H,5-7,13H2. The van der Waals surface area contributed by atoms with Gasteiger partial charge in [0.05, 0.1) is 42.8 Å². The fourth-order valence-corrected chi connectivity index (χ4v) is 1.29. The Labute approximate surface area is 98.9 Å². The summed E-state index contributed by atoms with van der Waals surface area (Å²) in [5, 5.41) is 39.0. The van der Waals surface area contributed by atoms with E-state index >= 15 is 0 Å². The molecule has 6 N–H and O–H groups in total. The largest absolute Gasteiger partial charge is 0.397 e. The highest BCUT2D eigenvalue weighted by Gasteiger charge is 2.28. The Hall–Kier alpha value is -1.81. The third-order valence-electron chi connectivity index (χ3n) is 2.49. The Balaban J connectivity index is 3.05. The van der Waals surface area contributed by atoms with Gasteiger partial charge in [-0.3, -0.25) is 0 Å². The van der Waals surface area contributed by atoms with Crippen LogP contribution in [0.5, 0.6) is 0 Å². The maximum Gasteiger partial charge on any atom is 0.107 e. The highest BCUT2D eigenvalue weighted by atomic mass is 16.3. The second-order valence-electron chi connectivity index (χ2n) is 3.79. The lowest BCUT2D eigenvalue weighted by molar-refractivity contribution is 0.0834. The summed E-state index contributed by atoms with van der Waals surface area (Å²) < 4.78 is 0. The van der Waals surface area contributed by atoms with Gasteiger partial charge in [0.2, 0.25) is 0 Å². The first-order valence-corrected chi connectivity index (χ1v) is 5.01. The van der Waals surface area contributed by atoms with E-state index in [1.165, 1.54) is 12.1 Å². The maximum atomic E-state index is 9.17. The van der Waals surface area contributed by atoms with Crippen molar-refractivity contribution in [2.24, 2.45) is 0 Å². The summed E-state index contributed by atoms with van der Waals surface area (Å²) in [4.78, 5) is 0. The predicted molar refractivity (Wildman–Crippen MR) is 63.2 cm³/mol. The summed E-state index contributed by atoms with van der Waals surface area (Å²) >= 11 is 0. The lowest BCUT2D eigenvalue weighted by Crippen LogP contribution is -2.49. The third kappa shape index (κ3) is 2.85. The zero-order valence-electron chi connectivity index (χ0n) is 9.22. The molecule has 0 unspecified atom stereocenters. The van der Waals surface area contributed by atoms with Crippen LogP contribution in [0.2, 0.25) is 0 Å². The van der Waals surface area contributed by atoms with Crippen LogP contribution in [-0.2, 0) is 0 Å². The van der Waals surface area contributed by atoms with Crippen LogP contribution in [0.25, 0.3) is 0 Å². The molecule has 0 saturated heterocycles. The van der Waals surface area contributed by atoms with Crippen LogP contribution in [0.3, 0.4) is 0 Å². The molecular formula is C11H15N3O3. The number of nitrogens with one attached hydrogen (secondary N) is 1. The van der Waals surface area contributed by atoms with Crippen molar-refractivity contribution >= 4 is 11.4 Å². The number of nitrogens with two attached hydrogens (primary N) is 1. The molecule has 1 aromatic rings. The predicted octanol–water partition coefficient (Wildman–Crippen LogP) is -0.732. The highest BCUT2D eigenvalue weighted by Crippen LogP contribution is 2.23. The first-order valence-electron chi connectivity index (χ1n) is 5.01. The molecule has 6 nitrogen and oxygen atoms in total. The molecule has 17 heavy (non-hydrogen) atoms. The molecule has 0 bridgehead atoms. The van der Waals surface area contributed by atoms with Crippen molar-refractivity contribution in [2.45, 2.75) is 5.54 Å². The molecule has 0 atom stereocenters. The number of hydrogen-bond donors (Lipinski definition) is 5. The number of hydrogen-bond acceptors (Lipinski definition) is 6. The van der Waals surface area contributed by atoms with E-state index in [2.05, 4.69) is 5.32 Å². The Morgan fingerprint density at radius 1 is 1.24 bits per heavy atom. The minimum Gasteiger partial charge on any atom is -0.397 e. The van der Waals surface area contributed by atoms with E-state index in [1.54, 1.807) is 6.07 Å². The van der Waals surface area contributed by atoms with E-state index in [4.69, 9.17) is 26.3 Å². The van der Waals surface area contributed by atoms with Gasteiger partial charge in [-0.2, -0.15) is 5.26 Å². The fraction of sp³-hybridized carbons (Fsp3) is 0.364. The van der Waals surface area contributed by atoms with Crippen molar-refractivity contribution in [3.8, 4) is 6.07 Å². The van der Waals surface area contributed by atoms with E-state index < -0.39 is 25.4 Å². The van der Waals surface area contributed by atoms with Gasteiger partial charge in [-0.05, 0) is 18.2 Å². The summed E-state index contributed by atoms with van der Waals surface area (Å²) in [6, 6.07) is 6.54. The molecule has 0 fully saturated rings. The number of nitriles is 1. The van der Waals surface area contributed by atoms with Gasteiger partial charge in [-0.25, -0.2) is 0 Å². The molecule has 92 valence electrons. The summed E-state index contributed by atoms with van der Waals surface area (Å²) in [5.74, 6) is 0. The van der Waals surface area contributed by atoms with E-state index in [0.717, 1.165) is 0 Å². The van der Waals surface area contributed by atoms with Gasteiger partial charge in [-0.15, -0.1) is 0 Å². The number of aliphatic hydroxyl groups excluding tert-OH is 3. The van der Waals surface area contributed by atoms with Crippen LogP contribution in [0.4, 0.5) is 11.4 Å². The number of benzene rings is 1. The topological polar surface area (TPSA) is 123 Å². The molecule has 1 aromatic carbocycles. The lowest BCUT2D eigenvalue weighted by atomic mass is 10.0. The molecule has 6 heteroatoms. The van der Waals surface area contributed by atoms with Crippen LogP contribution in [0.15, 0.2) is 18.2 Å². The Kier molecular flexibility index (Phi) is 4.29. The molecule has 0 amide bonds. The minimum absolute atomic E-state index is 0.365. The van der Waals surface area contributed by atoms with Crippen molar-refractivity contribution in [2.75, 3.05) is 30.9 Å². The van der Waals surface area contributed by atoms with Crippen LogP contribution >= 0.6 is 0 Å². The average molecular weight is 237 g/mol. The first-order chi connectivity index (χ1) is 8.10.